The number of anilines is 1. The summed E-state index contributed by atoms with van der Waals surface area (Å²) in [4.78, 5) is 6.65. The average molecular weight is 404 g/mol. The molecule has 3 aromatic heterocycles. The van der Waals surface area contributed by atoms with Crippen molar-refractivity contribution in [1.29, 1.82) is 0 Å². The van der Waals surface area contributed by atoms with E-state index in [1.165, 1.54) is 11.1 Å². The molecular weight excluding hydrogens is 380 g/mol. The fourth-order valence-corrected chi connectivity index (χ4v) is 3.89. The number of nitrogen functional groups attached to an aromatic ring is 1. The number of morpholine rings is 1. The summed E-state index contributed by atoms with van der Waals surface area (Å²) in [6.07, 6.45) is 4.63. The molecule has 30 heavy (non-hydrogen) atoms. The fraction of sp³-hybridized carbons (Fsp3) is 0.333. The number of H-pyrrole nitrogens is 1. The van der Waals surface area contributed by atoms with Crippen molar-refractivity contribution in [2.75, 3.05) is 32.0 Å². The van der Waals surface area contributed by atoms with E-state index in [2.05, 4.69) is 60.9 Å². The molecule has 9 heteroatoms. The van der Waals surface area contributed by atoms with Gasteiger partial charge in [0.2, 0.25) is 0 Å². The van der Waals surface area contributed by atoms with Gasteiger partial charge in [-0.1, -0.05) is 29.5 Å². The molecule has 0 bridgehead atoms. The average Bonchev–Trinajstić information content (AvgIpc) is 3.38. The topological polar surface area (TPSA) is 111 Å². The van der Waals surface area contributed by atoms with E-state index in [1.807, 2.05) is 16.9 Å². The molecule has 0 radical (unpaired) electrons. The summed E-state index contributed by atoms with van der Waals surface area (Å²) in [6, 6.07) is 10.6. The van der Waals surface area contributed by atoms with Crippen molar-refractivity contribution in [2.45, 2.75) is 19.5 Å². The standard InChI is InChI=1S/C21H24N8O/c22-19-10-18(20-21(24-19)26-27-25-20)9-17-11-23-29(14-17)13-16-3-1-2-15(8-16)12-28-4-6-30-7-5-28/h1-3,8,10-11,14H,4-7,9,12-13H2,(H3,22,24,25,26,27). The van der Waals surface area contributed by atoms with Crippen molar-refractivity contribution in [2.24, 2.45) is 0 Å². The lowest BCUT2D eigenvalue weighted by atomic mass is 10.1. The second-order valence-electron chi connectivity index (χ2n) is 7.65. The number of fused-ring (bicyclic) bond motifs is 1. The Morgan fingerprint density at radius 2 is 1.90 bits per heavy atom. The molecule has 154 valence electrons. The maximum Gasteiger partial charge on any atom is 0.178 e. The van der Waals surface area contributed by atoms with Crippen molar-refractivity contribution < 1.29 is 4.74 Å². The van der Waals surface area contributed by atoms with Crippen LogP contribution in [0.25, 0.3) is 11.2 Å². The molecule has 5 rings (SSSR count). The lowest BCUT2D eigenvalue weighted by Crippen LogP contribution is -2.35. The van der Waals surface area contributed by atoms with Gasteiger partial charge in [-0.05, 0) is 28.3 Å². The van der Waals surface area contributed by atoms with Crippen molar-refractivity contribution >= 4 is 17.0 Å². The van der Waals surface area contributed by atoms with Crippen molar-refractivity contribution in [3.05, 3.63) is 65.0 Å². The molecule has 9 nitrogen and oxygen atoms in total. The largest absolute Gasteiger partial charge is 0.384 e. The Hall–Kier alpha value is -3.30. The smallest absolute Gasteiger partial charge is 0.178 e. The summed E-state index contributed by atoms with van der Waals surface area (Å²) in [6.45, 7) is 5.31. The van der Waals surface area contributed by atoms with E-state index in [0.29, 0.717) is 17.9 Å². The Labute approximate surface area is 173 Å². The van der Waals surface area contributed by atoms with Crippen LogP contribution in [0.1, 0.15) is 22.3 Å². The number of nitrogens with zero attached hydrogens (tertiary/aromatic N) is 6. The molecule has 3 N–H and O–H groups in total. The summed E-state index contributed by atoms with van der Waals surface area (Å²) in [5.41, 5.74) is 11.9. The highest BCUT2D eigenvalue weighted by molar-refractivity contribution is 5.76. The second kappa shape index (κ2) is 8.21. The molecule has 1 fully saturated rings. The zero-order chi connectivity index (χ0) is 20.3. The minimum atomic E-state index is 0.452. The monoisotopic (exact) mass is 404 g/mol. The number of benzene rings is 1. The third kappa shape index (κ3) is 4.17. The summed E-state index contributed by atoms with van der Waals surface area (Å²) in [5, 5.41) is 15.3. The molecule has 0 atom stereocenters. The lowest BCUT2D eigenvalue weighted by molar-refractivity contribution is 0.0342. The molecule has 1 aromatic carbocycles. The number of hydrogen-bond acceptors (Lipinski definition) is 7. The normalized spacial score (nSPS) is 15.1. The maximum absolute atomic E-state index is 5.91. The quantitative estimate of drug-likeness (QED) is 0.502. The van der Waals surface area contributed by atoms with E-state index in [0.717, 1.165) is 56.0 Å². The van der Waals surface area contributed by atoms with Gasteiger partial charge in [0.05, 0.1) is 26.0 Å². The molecule has 1 saturated heterocycles. The Balaban J connectivity index is 1.28. The van der Waals surface area contributed by atoms with Crippen LogP contribution in [0.4, 0.5) is 5.82 Å². The highest BCUT2D eigenvalue weighted by Crippen LogP contribution is 2.19. The Bertz CT molecular complexity index is 1140. The Kier molecular flexibility index (Phi) is 5.12. The minimum Gasteiger partial charge on any atom is -0.384 e. The molecule has 4 aromatic rings. The van der Waals surface area contributed by atoms with E-state index in [4.69, 9.17) is 10.5 Å². The van der Waals surface area contributed by atoms with Gasteiger partial charge in [-0.15, -0.1) is 5.10 Å². The van der Waals surface area contributed by atoms with Gasteiger partial charge in [0.25, 0.3) is 0 Å². The van der Waals surface area contributed by atoms with Crippen LogP contribution in [-0.4, -0.2) is 61.4 Å². The van der Waals surface area contributed by atoms with Crippen LogP contribution >= 0.6 is 0 Å². The molecule has 0 aliphatic carbocycles. The number of rotatable bonds is 6. The van der Waals surface area contributed by atoms with E-state index in [1.54, 1.807) is 0 Å². The first-order chi connectivity index (χ1) is 14.7. The van der Waals surface area contributed by atoms with Crippen LogP contribution in [0.5, 0.6) is 0 Å². The number of hydrogen-bond donors (Lipinski definition) is 2. The zero-order valence-corrected chi connectivity index (χ0v) is 16.7. The molecule has 0 spiro atoms. The third-order valence-electron chi connectivity index (χ3n) is 5.32. The first kappa shape index (κ1) is 18.7. The van der Waals surface area contributed by atoms with E-state index >= 15 is 0 Å². The zero-order valence-electron chi connectivity index (χ0n) is 16.7. The van der Waals surface area contributed by atoms with E-state index in [9.17, 15) is 0 Å². The van der Waals surface area contributed by atoms with Crippen LogP contribution in [0.3, 0.4) is 0 Å². The first-order valence-electron chi connectivity index (χ1n) is 10.1. The molecule has 0 amide bonds. The molecule has 4 heterocycles. The first-order valence-corrected chi connectivity index (χ1v) is 10.1. The second-order valence-corrected chi connectivity index (χ2v) is 7.65. The van der Waals surface area contributed by atoms with Gasteiger partial charge in [0, 0.05) is 32.3 Å². The van der Waals surface area contributed by atoms with Crippen molar-refractivity contribution in [1.82, 2.24) is 35.1 Å². The molecule has 1 aliphatic heterocycles. The van der Waals surface area contributed by atoms with Gasteiger partial charge in [-0.3, -0.25) is 9.58 Å². The van der Waals surface area contributed by atoms with Crippen LogP contribution < -0.4 is 5.73 Å². The highest BCUT2D eigenvalue weighted by Gasteiger charge is 2.12. The number of nitrogens with two attached hydrogens (primary N) is 1. The lowest BCUT2D eigenvalue weighted by Gasteiger charge is -2.26. The maximum atomic E-state index is 5.91. The Morgan fingerprint density at radius 3 is 2.77 bits per heavy atom. The fourth-order valence-electron chi connectivity index (χ4n) is 3.89. The SMILES string of the molecule is Nc1cc(Cc2cnn(Cc3cccc(CN4CCOCC4)c3)c2)c2nn[nH]c2n1. The number of nitrogens with one attached hydrogen (secondary N) is 1. The van der Waals surface area contributed by atoms with Crippen LogP contribution in [-0.2, 0) is 24.2 Å². The minimum absolute atomic E-state index is 0.452. The van der Waals surface area contributed by atoms with Gasteiger partial charge < -0.3 is 10.5 Å². The molecule has 0 unspecified atom stereocenters. The van der Waals surface area contributed by atoms with Crippen LogP contribution in [0.15, 0.2) is 42.7 Å². The van der Waals surface area contributed by atoms with Gasteiger partial charge in [0.15, 0.2) is 5.65 Å². The predicted molar refractivity (Wildman–Crippen MR) is 113 cm³/mol. The van der Waals surface area contributed by atoms with Crippen LogP contribution in [0.2, 0.25) is 0 Å². The van der Waals surface area contributed by atoms with Crippen molar-refractivity contribution in [3.63, 3.8) is 0 Å². The number of aromatic nitrogens is 6. The predicted octanol–water partition coefficient (Wildman–Crippen LogP) is 1.60. The van der Waals surface area contributed by atoms with E-state index < -0.39 is 0 Å². The third-order valence-corrected chi connectivity index (χ3v) is 5.32. The Morgan fingerprint density at radius 1 is 1.07 bits per heavy atom. The van der Waals surface area contributed by atoms with Gasteiger partial charge in [-0.25, -0.2) is 10.1 Å². The van der Waals surface area contributed by atoms with Crippen LogP contribution in [0, 0.1) is 0 Å². The highest BCUT2D eigenvalue weighted by atomic mass is 16.5. The number of ether oxygens (including phenoxy) is 1. The molecule has 1 aliphatic rings. The molecule has 0 saturated carbocycles. The number of pyridine rings is 1. The van der Waals surface area contributed by atoms with Crippen molar-refractivity contribution in [3.8, 4) is 0 Å². The molecular formula is C21H24N8O. The number of aromatic amines is 1. The van der Waals surface area contributed by atoms with Gasteiger partial charge in [-0.2, -0.15) is 5.10 Å². The summed E-state index contributed by atoms with van der Waals surface area (Å²) in [5.74, 6) is 0.452. The van der Waals surface area contributed by atoms with Gasteiger partial charge >= 0.3 is 0 Å². The van der Waals surface area contributed by atoms with Gasteiger partial charge in [0.1, 0.15) is 11.3 Å². The summed E-state index contributed by atoms with van der Waals surface area (Å²) in [7, 11) is 0. The summed E-state index contributed by atoms with van der Waals surface area (Å²) >= 11 is 0. The van der Waals surface area contributed by atoms with E-state index in [-0.39, 0.29) is 0 Å². The summed E-state index contributed by atoms with van der Waals surface area (Å²) < 4.78 is 7.40.